The number of methoxy groups -OCH3 is 1. The Hall–Kier alpha value is -2.72. The van der Waals surface area contributed by atoms with E-state index in [1.54, 1.807) is 30.3 Å². The Morgan fingerprint density at radius 1 is 1.26 bits per heavy atom. The van der Waals surface area contributed by atoms with Gasteiger partial charge in [-0.15, -0.1) is 0 Å². The Balaban J connectivity index is 1.72. The molecule has 8 nitrogen and oxygen atoms in total. The summed E-state index contributed by atoms with van der Waals surface area (Å²) in [6.45, 7) is 4.03. The SMILES string of the molecule is CCCC(C)NC(=O)CSc1nc2cc(S(=O)(=O)Nc3ccccc3OC)ccc2o1. The van der Waals surface area contributed by atoms with Gasteiger partial charge in [0.25, 0.3) is 15.2 Å². The Kier molecular flexibility index (Phi) is 7.45. The number of benzene rings is 2. The molecule has 31 heavy (non-hydrogen) atoms. The minimum absolute atomic E-state index is 0.0434. The van der Waals surface area contributed by atoms with Gasteiger partial charge < -0.3 is 14.5 Å². The van der Waals surface area contributed by atoms with E-state index in [0.717, 1.165) is 24.6 Å². The predicted octanol–water partition coefficient (Wildman–Crippen LogP) is 4.03. The molecule has 3 aromatic rings. The first-order chi connectivity index (χ1) is 14.8. The van der Waals surface area contributed by atoms with Crippen molar-refractivity contribution in [2.45, 2.75) is 42.8 Å². The van der Waals surface area contributed by atoms with Crippen LogP contribution in [0, 0.1) is 0 Å². The largest absolute Gasteiger partial charge is 0.495 e. The van der Waals surface area contributed by atoms with Crippen molar-refractivity contribution in [2.24, 2.45) is 0 Å². The van der Waals surface area contributed by atoms with Crippen LogP contribution in [0.2, 0.25) is 0 Å². The van der Waals surface area contributed by atoms with E-state index in [2.05, 4.69) is 21.9 Å². The van der Waals surface area contributed by atoms with E-state index >= 15 is 0 Å². The monoisotopic (exact) mass is 463 g/mol. The second-order valence-corrected chi connectivity index (χ2v) is 9.57. The number of nitrogens with one attached hydrogen (secondary N) is 2. The summed E-state index contributed by atoms with van der Waals surface area (Å²) in [4.78, 5) is 16.4. The number of rotatable bonds is 10. The van der Waals surface area contributed by atoms with Crippen LogP contribution >= 0.6 is 11.8 Å². The molecule has 1 amide bonds. The summed E-state index contributed by atoms with van der Waals surface area (Å²) < 4.78 is 39.0. The van der Waals surface area contributed by atoms with Gasteiger partial charge >= 0.3 is 0 Å². The van der Waals surface area contributed by atoms with Gasteiger partial charge in [0.1, 0.15) is 11.3 Å². The van der Waals surface area contributed by atoms with Crippen LogP contribution in [0.15, 0.2) is 57.0 Å². The molecular weight excluding hydrogens is 438 g/mol. The summed E-state index contributed by atoms with van der Waals surface area (Å²) in [5.41, 5.74) is 1.17. The zero-order valence-corrected chi connectivity index (χ0v) is 19.2. The molecule has 1 unspecified atom stereocenters. The highest BCUT2D eigenvalue weighted by Gasteiger charge is 2.19. The molecule has 10 heteroatoms. The van der Waals surface area contributed by atoms with Gasteiger partial charge in [-0.1, -0.05) is 37.2 Å². The van der Waals surface area contributed by atoms with Gasteiger partial charge in [0.15, 0.2) is 5.58 Å². The lowest BCUT2D eigenvalue weighted by atomic mass is 10.2. The summed E-state index contributed by atoms with van der Waals surface area (Å²) >= 11 is 1.16. The number of thioether (sulfide) groups is 1. The normalized spacial score (nSPS) is 12.5. The fraction of sp³-hybridized carbons (Fsp3) is 0.333. The van der Waals surface area contributed by atoms with Gasteiger partial charge in [0.05, 0.1) is 23.4 Å². The van der Waals surface area contributed by atoms with Crippen LogP contribution in [0.25, 0.3) is 11.1 Å². The van der Waals surface area contributed by atoms with Crippen molar-refractivity contribution < 1.29 is 22.4 Å². The molecule has 3 rings (SSSR count). The summed E-state index contributed by atoms with van der Waals surface area (Å²) in [6, 6.07) is 11.3. The molecule has 0 aliphatic carbocycles. The Bertz CT molecular complexity index is 1160. The number of hydrogen-bond donors (Lipinski definition) is 2. The number of carbonyl (C=O) groups is 1. The summed E-state index contributed by atoms with van der Waals surface area (Å²) in [5, 5.41) is 3.23. The molecule has 1 aromatic heterocycles. The van der Waals surface area contributed by atoms with Gasteiger partial charge in [0, 0.05) is 6.04 Å². The van der Waals surface area contributed by atoms with Gasteiger partial charge in [-0.25, -0.2) is 13.4 Å². The van der Waals surface area contributed by atoms with Gasteiger partial charge in [-0.05, 0) is 43.7 Å². The molecule has 166 valence electrons. The summed E-state index contributed by atoms with van der Waals surface area (Å²) in [5.74, 6) is 0.484. The number of carbonyl (C=O) groups excluding carboxylic acids is 1. The minimum atomic E-state index is -3.86. The number of aromatic nitrogens is 1. The van der Waals surface area contributed by atoms with Crippen molar-refractivity contribution >= 4 is 44.5 Å². The second kappa shape index (κ2) is 10.1. The van der Waals surface area contributed by atoms with Gasteiger partial charge in [0.2, 0.25) is 5.91 Å². The minimum Gasteiger partial charge on any atom is -0.495 e. The highest BCUT2D eigenvalue weighted by Crippen LogP contribution is 2.29. The van der Waals surface area contributed by atoms with E-state index < -0.39 is 10.0 Å². The number of fused-ring (bicyclic) bond motifs is 1. The van der Waals surface area contributed by atoms with Crippen LogP contribution in [-0.4, -0.2) is 38.2 Å². The first kappa shape index (κ1) is 23.0. The molecule has 1 atom stereocenters. The quantitative estimate of drug-likeness (QED) is 0.437. The smallest absolute Gasteiger partial charge is 0.262 e. The number of oxazole rings is 1. The summed E-state index contributed by atoms with van der Waals surface area (Å²) in [7, 11) is -2.38. The molecule has 0 fully saturated rings. The topological polar surface area (TPSA) is 111 Å². The lowest BCUT2D eigenvalue weighted by molar-refractivity contribution is -0.119. The van der Waals surface area contributed by atoms with Crippen molar-refractivity contribution in [3.63, 3.8) is 0 Å². The molecule has 0 radical (unpaired) electrons. The number of para-hydroxylation sites is 2. The maximum Gasteiger partial charge on any atom is 0.262 e. The molecule has 0 bridgehead atoms. The van der Waals surface area contributed by atoms with Crippen LogP contribution in [-0.2, 0) is 14.8 Å². The number of anilines is 1. The summed E-state index contributed by atoms with van der Waals surface area (Å²) in [6.07, 6.45) is 1.91. The molecule has 2 aromatic carbocycles. The zero-order valence-electron chi connectivity index (χ0n) is 17.5. The Labute approximate surface area is 185 Å². The molecule has 0 aliphatic heterocycles. The van der Waals surface area contributed by atoms with E-state index in [1.165, 1.54) is 19.2 Å². The maximum absolute atomic E-state index is 12.8. The number of sulfonamides is 1. The third kappa shape index (κ3) is 5.92. The van der Waals surface area contributed by atoms with E-state index in [9.17, 15) is 13.2 Å². The highest BCUT2D eigenvalue weighted by molar-refractivity contribution is 7.99. The molecule has 0 saturated carbocycles. The number of nitrogens with zero attached hydrogens (tertiary/aromatic N) is 1. The van der Waals surface area contributed by atoms with Crippen molar-refractivity contribution in [1.29, 1.82) is 0 Å². The first-order valence-electron chi connectivity index (χ1n) is 9.81. The molecular formula is C21H25N3O5S2. The average molecular weight is 464 g/mol. The van der Waals surface area contributed by atoms with E-state index in [1.807, 2.05) is 6.92 Å². The van der Waals surface area contributed by atoms with Crippen LogP contribution in [0.1, 0.15) is 26.7 Å². The van der Waals surface area contributed by atoms with Crippen molar-refractivity contribution in [3.05, 3.63) is 42.5 Å². The van der Waals surface area contributed by atoms with E-state index in [4.69, 9.17) is 9.15 Å². The lowest BCUT2D eigenvalue weighted by Gasteiger charge is -2.11. The molecule has 1 heterocycles. The van der Waals surface area contributed by atoms with Crippen LogP contribution in [0.4, 0.5) is 5.69 Å². The molecule has 0 aliphatic rings. The van der Waals surface area contributed by atoms with Crippen molar-refractivity contribution in [2.75, 3.05) is 17.6 Å². The van der Waals surface area contributed by atoms with Crippen LogP contribution < -0.4 is 14.8 Å². The number of hydrogen-bond acceptors (Lipinski definition) is 7. The Morgan fingerprint density at radius 3 is 2.77 bits per heavy atom. The number of amides is 1. The van der Waals surface area contributed by atoms with Crippen LogP contribution in [0.5, 0.6) is 5.75 Å². The standard InChI is InChI=1S/C21H25N3O5S2/c1-4-7-14(2)22-20(25)13-30-21-23-17-12-15(10-11-19(17)29-21)31(26,27)24-16-8-5-6-9-18(16)28-3/h5-6,8-12,14,24H,4,7,13H2,1-3H3,(H,22,25). The number of ether oxygens (including phenoxy) is 1. The van der Waals surface area contributed by atoms with Gasteiger partial charge in [-0.2, -0.15) is 0 Å². The third-order valence-electron chi connectivity index (χ3n) is 4.46. The molecule has 0 saturated heterocycles. The maximum atomic E-state index is 12.8. The first-order valence-corrected chi connectivity index (χ1v) is 12.3. The van der Waals surface area contributed by atoms with Gasteiger partial charge in [-0.3, -0.25) is 9.52 Å². The predicted molar refractivity (Wildman–Crippen MR) is 121 cm³/mol. The zero-order chi connectivity index (χ0) is 22.4. The van der Waals surface area contributed by atoms with Crippen molar-refractivity contribution in [1.82, 2.24) is 10.3 Å². The Morgan fingerprint density at radius 2 is 2.03 bits per heavy atom. The van der Waals surface area contributed by atoms with Crippen molar-refractivity contribution in [3.8, 4) is 5.75 Å². The fourth-order valence-corrected chi connectivity index (χ4v) is 4.74. The molecule has 0 spiro atoms. The lowest BCUT2D eigenvalue weighted by Crippen LogP contribution is -2.33. The fourth-order valence-electron chi connectivity index (χ4n) is 3.00. The highest BCUT2D eigenvalue weighted by atomic mass is 32.2. The van der Waals surface area contributed by atoms with Crippen LogP contribution in [0.3, 0.4) is 0 Å². The van der Waals surface area contributed by atoms with E-state index in [-0.39, 0.29) is 22.6 Å². The third-order valence-corrected chi connectivity index (χ3v) is 6.65. The molecule has 2 N–H and O–H groups in total. The average Bonchev–Trinajstić information content (AvgIpc) is 3.15. The van der Waals surface area contributed by atoms with E-state index in [0.29, 0.717) is 27.8 Å². The second-order valence-electron chi connectivity index (χ2n) is 6.96.